The van der Waals surface area contributed by atoms with Gasteiger partial charge >= 0.3 is 0 Å². The first-order chi connectivity index (χ1) is 11.5. The second-order valence-corrected chi connectivity index (χ2v) is 10.8. The van der Waals surface area contributed by atoms with Gasteiger partial charge in [0.2, 0.25) is 0 Å². The molecule has 0 aromatic rings. The van der Waals surface area contributed by atoms with Gasteiger partial charge in [0.1, 0.15) is 0 Å². The fraction of sp³-hybridized carbons (Fsp3) is 0.864. The highest BCUT2D eigenvalue weighted by molar-refractivity contribution is 5.97. The molecule has 3 aliphatic rings. The first-order valence-electron chi connectivity index (χ1n) is 10.4. The summed E-state index contributed by atoms with van der Waals surface area (Å²) in [5.74, 6) is 0. The van der Waals surface area contributed by atoms with Crippen molar-refractivity contribution < 1.29 is 0 Å². The molecule has 0 spiro atoms. The van der Waals surface area contributed by atoms with Gasteiger partial charge in [-0.2, -0.15) is 0 Å². The molecule has 1 aliphatic carbocycles. The first kappa shape index (κ1) is 18.9. The molecular weight excluding hydrogens is 306 g/mol. The number of hydrogen-bond donors (Lipinski definition) is 1. The average Bonchev–Trinajstić information content (AvgIpc) is 2.43. The fourth-order valence-electron chi connectivity index (χ4n) is 5.40. The molecule has 0 saturated carbocycles. The van der Waals surface area contributed by atoms with E-state index < -0.39 is 0 Å². The van der Waals surface area contributed by atoms with Crippen LogP contribution in [-0.4, -0.2) is 40.8 Å². The van der Waals surface area contributed by atoms with Gasteiger partial charge in [-0.05, 0) is 84.1 Å². The molecule has 0 unspecified atom stereocenters. The van der Waals surface area contributed by atoms with Crippen LogP contribution in [0.25, 0.3) is 0 Å². The highest BCUT2D eigenvalue weighted by Gasteiger charge is 2.38. The molecule has 0 bridgehead atoms. The van der Waals surface area contributed by atoms with Gasteiger partial charge in [0, 0.05) is 35.6 Å². The summed E-state index contributed by atoms with van der Waals surface area (Å²) >= 11 is 0. The summed E-state index contributed by atoms with van der Waals surface area (Å²) in [4.78, 5) is 7.94. The quantitative estimate of drug-likeness (QED) is 0.768. The Labute approximate surface area is 155 Å². The number of allylic oxidation sites excluding steroid dienone is 2. The molecular formula is C22H39N3. The summed E-state index contributed by atoms with van der Waals surface area (Å²) in [6.07, 6.45) is 11.1. The van der Waals surface area contributed by atoms with Crippen LogP contribution in [0.5, 0.6) is 0 Å². The van der Waals surface area contributed by atoms with E-state index in [1.54, 1.807) is 5.70 Å². The summed E-state index contributed by atoms with van der Waals surface area (Å²) in [7, 11) is 0. The molecule has 2 heterocycles. The van der Waals surface area contributed by atoms with Crippen molar-refractivity contribution in [3.63, 3.8) is 0 Å². The number of piperidine rings is 2. The summed E-state index contributed by atoms with van der Waals surface area (Å²) in [5, 5.41) is 3.78. The molecule has 0 aromatic heterocycles. The summed E-state index contributed by atoms with van der Waals surface area (Å²) in [5.41, 5.74) is 3.55. The molecule has 25 heavy (non-hydrogen) atoms. The van der Waals surface area contributed by atoms with Gasteiger partial charge in [-0.1, -0.05) is 13.8 Å². The first-order valence-corrected chi connectivity index (χ1v) is 10.4. The minimum Gasteiger partial charge on any atom is -0.375 e. The predicted molar refractivity (Wildman–Crippen MR) is 108 cm³/mol. The van der Waals surface area contributed by atoms with Crippen molar-refractivity contribution in [1.29, 1.82) is 0 Å². The Morgan fingerprint density at radius 2 is 1.52 bits per heavy atom. The second-order valence-electron chi connectivity index (χ2n) is 10.8. The lowest BCUT2D eigenvalue weighted by atomic mass is 9.77. The lowest BCUT2D eigenvalue weighted by Crippen LogP contribution is -2.59. The Kier molecular flexibility index (Phi) is 5.09. The zero-order valence-corrected chi connectivity index (χ0v) is 17.4. The number of likely N-dealkylation sites (tertiary alicyclic amines) is 1. The summed E-state index contributed by atoms with van der Waals surface area (Å²) in [6.45, 7) is 16.6. The van der Waals surface area contributed by atoms with E-state index in [9.17, 15) is 0 Å². The standard InChI is InChI=1S/C22H39N3/c1-20(2)13-17(12-19(16-20)25-10-8-7-9-11-25)23-18-14-21(3,4)24-22(5,6)15-18/h12,18,24H,7-11,13-16H2,1-6H3. The Bertz CT molecular complexity index is 532. The maximum absolute atomic E-state index is 5.30. The molecule has 3 nitrogen and oxygen atoms in total. The third-order valence-electron chi connectivity index (χ3n) is 5.93. The van der Waals surface area contributed by atoms with E-state index in [-0.39, 0.29) is 11.1 Å². The lowest BCUT2D eigenvalue weighted by molar-refractivity contribution is 0.164. The topological polar surface area (TPSA) is 27.6 Å². The molecule has 0 amide bonds. The molecule has 0 atom stereocenters. The molecule has 1 N–H and O–H groups in total. The van der Waals surface area contributed by atoms with Gasteiger partial charge < -0.3 is 10.2 Å². The Balaban J connectivity index is 1.82. The molecule has 0 aromatic carbocycles. The van der Waals surface area contributed by atoms with Crippen molar-refractivity contribution >= 4 is 5.71 Å². The predicted octanol–water partition coefficient (Wildman–Crippen LogP) is 4.93. The van der Waals surface area contributed by atoms with Crippen LogP contribution in [0.3, 0.4) is 0 Å². The molecule has 2 fully saturated rings. The van der Waals surface area contributed by atoms with Crippen LogP contribution in [0, 0.1) is 5.41 Å². The smallest absolute Gasteiger partial charge is 0.0537 e. The van der Waals surface area contributed by atoms with Crippen LogP contribution in [0.2, 0.25) is 0 Å². The zero-order valence-electron chi connectivity index (χ0n) is 17.4. The van der Waals surface area contributed by atoms with Crippen LogP contribution < -0.4 is 5.32 Å². The highest BCUT2D eigenvalue weighted by Crippen LogP contribution is 2.37. The Hall–Kier alpha value is -0.830. The van der Waals surface area contributed by atoms with Crippen molar-refractivity contribution in [2.75, 3.05) is 13.1 Å². The number of rotatable bonds is 2. The van der Waals surface area contributed by atoms with Gasteiger partial charge in [-0.25, -0.2) is 0 Å². The van der Waals surface area contributed by atoms with Crippen LogP contribution >= 0.6 is 0 Å². The monoisotopic (exact) mass is 345 g/mol. The third kappa shape index (κ3) is 5.09. The van der Waals surface area contributed by atoms with Gasteiger partial charge in [0.15, 0.2) is 0 Å². The van der Waals surface area contributed by atoms with E-state index in [2.05, 4.69) is 57.8 Å². The normalized spacial score (nSPS) is 31.0. The number of nitrogens with one attached hydrogen (secondary N) is 1. The van der Waals surface area contributed by atoms with E-state index in [4.69, 9.17) is 4.99 Å². The van der Waals surface area contributed by atoms with Crippen molar-refractivity contribution in [2.24, 2.45) is 10.4 Å². The van der Waals surface area contributed by atoms with E-state index in [1.165, 1.54) is 44.5 Å². The van der Waals surface area contributed by atoms with Gasteiger partial charge in [-0.15, -0.1) is 0 Å². The van der Waals surface area contributed by atoms with Crippen molar-refractivity contribution in [2.45, 2.75) is 104 Å². The van der Waals surface area contributed by atoms with Crippen molar-refractivity contribution in [1.82, 2.24) is 10.2 Å². The fourth-order valence-corrected chi connectivity index (χ4v) is 5.40. The van der Waals surface area contributed by atoms with E-state index in [1.807, 2.05) is 0 Å². The third-order valence-corrected chi connectivity index (χ3v) is 5.93. The van der Waals surface area contributed by atoms with Gasteiger partial charge in [-0.3, -0.25) is 4.99 Å². The van der Waals surface area contributed by atoms with E-state index in [0.717, 1.165) is 19.3 Å². The Morgan fingerprint density at radius 3 is 2.12 bits per heavy atom. The minimum absolute atomic E-state index is 0.167. The van der Waals surface area contributed by atoms with Crippen molar-refractivity contribution in [3.05, 3.63) is 11.8 Å². The highest BCUT2D eigenvalue weighted by atomic mass is 15.1. The second kappa shape index (κ2) is 6.72. The molecule has 2 aliphatic heterocycles. The lowest BCUT2D eigenvalue weighted by Gasteiger charge is -2.45. The van der Waals surface area contributed by atoms with Crippen LogP contribution in [-0.2, 0) is 0 Å². The summed E-state index contributed by atoms with van der Waals surface area (Å²) in [6, 6.07) is 0.439. The van der Waals surface area contributed by atoms with Crippen LogP contribution in [0.4, 0.5) is 0 Å². The maximum atomic E-state index is 5.30. The van der Waals surface area contributed by atoms with Crippen molar-refractivity contribution in [3.8, 4) is 0 Å². The average molecular weight is 346 g/mol. The molecule has 3 rings (SSSR count). The van der Waals surface area contributed by atoms with Crippen LogP contribution in [0.1, 0.15) is 86.5 Å². The number of aliphatic imine (C=N–C) groups is 1. The van der Waals surface area contributed by atoms with Crippen LogP contribution in [0.15, 0.2) is 16.8 Å². The largest absolute Gasteiger partial charge is 0.375 e. The SMILES string of the molecule is CC1(C)CC(N2CCCCC2)=CC(=NC2CC(C)(C)NC(C)(C)C2)C1. The number of hydrogen-bond acceptors (Lipinski definition) is 3. The molecule has 3 heteroatoms. The summed E-state index contributed by atoms with van der Waals surface area (Å²) < 4.78 is 0. The van der Waals surface area contributed by atoms with Gasteiger partial charge in [0.25, 0.3) is 0 Å². The minimum atomic E-state index is 0.167. The molecule has 2 saturated heterocycles. The van der Waals surface area contributed by atoms with E-state index in [0.29, 0.717) is 11.5 Å². The molecule has 142 valence electrons. The molecule has 0 radical (unpaired) electrons. The zero-order chi connectivity index (χ0) is 18.3. The van der Waals surface area contributed by atoms with E-state index >= 15 is 0 Å². The van der Waals surface area contributed by atoms with Gasteiger partial charge in [0.05, 0.1) is 6.04 Å². The Morgan fingerprint density at radius 1 is 0.920 bits per heavy atom. The number of nitrogens with zero attached hydrogens (tertiary/aromatic N) is 2. The maximum Gasteiger partial charge on any atom is 0.0537 e.